The molecule has 0 aliphatic heterocycles. The van der Waals surface area contributed by atoms with Crippen LogP contribution in [0.5, 0.6) is 5.75 Å². The number of aldehydes is 1. The molecule has 4 rings (SSSR count). The Morgan fingerprint density at radius 2 is 1.78 bits per heavy atom. The summed E-state index contributed by atoms with van der Waals surface area (Å²) < 4.78 is 32.0. The van der Waals surface area contributed by atoms with E-state index < -0.39 is 21.8 Å². The minimum atomic E-state index is -3.96. The van der Waals surface area contributed by atoms with Crippen molar-refractivity contribution < 1.29 is 27.9 Å². The van der Waals surface area contributed by atoms with Crippen LogP contribution in [-0.4, -0.2) is 37.9 Å². The molecule has 0 aliphatic carbocycles. The first-order valence-electron chi connectivity index (χ1n) is 11.2. The number of sulfone groups is 1. The number of anilines is 1. The quantitative estimate of drug-likeness (QED) is 0.300. The summed E-state index contributed by atoms with van der Waals surface area (Å²) in [5.74, 6) is -0.507. The van der Waals surface area contributed by atoms with E-state index in [0.717, 1.165) is 11.1 Å². The molecule has 37 heavy (non-hydrogen) atoms. The van der Waals surface area contributed by atoms with Crippen LogP contribution in [0.4, 0.5) is 5.69 Å². The van der Waals surface area contributed by atoms with Crippen molar-refractivity contribution in [3.63, 3.8) is 0 Å². The van der Waals surface area contributed by atoms with Crippen LogP contribution in [0, 0.1) is 6.92 Å². The molecule has 1 aromatic heterocycles. The molecule has 0 fully saturated rings. The Morgan fingerprint density at radius 3 is 2.46 bits per heavy atom. The second-order valence-corrected chi connectivity index (χ2v) is 10.2. The van der Waals surface area contributed by atoms with Crippen molar-refractivity contribution in [2.75, 3.05) is 12.4 Å². The summed E-state index contributed by atoms with van der Waals surface area (Å²) in [6, 6.07) is 18.5. The second kappa shape index (κ2) is 10.6. The molecule has 2 N–H and O–H groups in total. The molecule has 188 valence electrons. The summed E-state index contributed by atoms with van der Waals surface area (Å²) in [7, 11) is -2.47. The van der Waals surface area contributed by atoms with Crippen molar-refractivity contribution in [2.45, 2.75) is 22.8 Å². The van der Waals surface area contributed by atoms with Crippen molar-refractivity contribution in [2.24, 2.45) is 0 Å². The second-order valence-electron chi connectivity index (χ2n) is 8.32. The van der Waals surface area contributed by atoms with Gasteiger partial charge in [-0.1, -0.05) is 18.2 Å². The number of hydrogen-bond acceptors (Lipinski definition) is 7. The van der Waals surface area contributed by atoms with Gasteiger partial charge in [-0.05, 0) is 78.2 Å². The fourth-order valence-electron chi connectivity index (χ4n) is 3.98. The molecule has 1 atom stereocenters. The highest BCUT2D eigenvalue weighted by molar-refractivity contribution is 7.91. The van der Waals surface area contributed by atoms with Crippen LogP contribution < -0.4 is 10.1 Å². The van der Waals surface area contributed by atoms with Gasteiger partial charge in [0.05, 0.1) is 22.5 Å². The number of carboxylic acid groups (broad SMARTS) is 1. The van der Waals surface area contributed by atoms with Crippen molar-refractivity contribution in [1.29, 1.82) is 0 Å². The van der Waals surface area contributed by atoms with Crippen LogP contribution >= 0.6 is 0 Å². The predicted octanol–water partition coefficient (Wildman–Crippen LogP) is 4.95. The minimum Gasteiger partial charge on any atom is -0.497 e. The molecule has 3 aromatic carbocycles. The summed E-state index contributed by atoms with van der Waals surface area (Å²) in [6.45, 7) is 1.81. The number of aryl methyl sites for hydroxylation is 1. The number of carboxylic acids is 1. The monoisotopic (exact) mass is 516 g/mol. The van der Waals surface area contributed by atoms with E-state index in [1.54, 1.807) is 42.5 Å². The number of carbonyl (C=O) groups is 2. The third kappa shape index (κ3) is 5.52. The van der Waals surface area contributed by atoms with Gasteiger partial charge < -0.3 is 20.0 Å². The van der Waals surface area contributed by atoms with E-state index in [4.69, 9.17) is 4.74 Å². The van der Waals surface area contributed by atoms with E-state index in [0.29, 0.717) is 23.3 Å². The summed E-state index contributed by atoms with van der Waals surface area (Å²) in [4.78, 5) is 27.7. The van der Waals surface area contributed by atoms with Crippen molar-refractivity contribution in [3.05, 3.63) is 102 Å². The van der Waals surface area contributed by atoms with Gasteiger partial charge in [-0.25, -0.2) is 13.2 Å². The molecule has 9 heteroatoms. The van der Waals surface area contributed by atoms with Gasteiger partial charge in [-0.2, -0.15) is 0 Å². The molecule has 0 radical (unpaired) electrons. The Balaban J connectivity index is 1.69. The molecular weight excluding hydrogens is 492 g/mol. The molecule has 0 spiro atoms. The lowest BCUT2D eigenvalue weighted by atomic mass is 9.99. The van der Waals surface area contributed by atoms with Gasteiger partial charge in [-0.15, -0.1) is 0 Å². The summed E-state index contributed by atoms with van der Waals surface area (Å²) in [6.07, 6.45) is 3.33. The van der Waals surface area contributed by atoms with Gasteiger partial charge in [0.25, 0.3) is 0 Å². The van der Waals surface area contributed by atoms with Gasteiger partial charge in [0.2, 0.25) is 9.84 Å². The van der Waals surface area contributed by atoms with Crippen LogP contribution in [0.15, 0.2) is 95.0 Å². The first-order valence-corrected chi connectivity index (χ1v) is 12.7. The number of ether oxygens (including phenoxy) is 1. The molecule has 0 bridgehead atoms. The number of hydrogen-bond donors (Lipinski definition) is 2. The third-order valence-electron chi connectivity index (χ3n) is 5.78. The Morgan fingerprint density at radius 1 is 1.03 bits per heavy atom. The number of aromatic nitrogens is 1. The summed E-state index contributed by atoms with van der Waals surface area (Å²) in [5, 5.41) is 12.5. The van der Waals surface area contributed by atoms with E-state index >= 15 is 0 Å². The molecule has 8 nitrogen and oxygen atoms in total. The smallest absolute Gasteiger partial charge is 0.335 e. The lowest BCUT2D eigenvalue weighted by Gasteiger charge is -2.18. The number of nitrogens with one attached hydrogen (secondary N) is 1. The molecule has 0 saturated heterocycles. The van der Waals surface area contributed by atoms with Crippen molar-refractivity contribution >= 4 is 27.8 Å². The molecular formula is C28H24N2O6S. The number of rotatable bonds is 9. The van der Waals surface area contributed by atoms with Crippen LogP contribution in [0.25, 0.3) is 11.1 Å². The molecule has 0 saturated carbocycles. The average Bonchev–Trinajstić information content (AvgIpc) is 2.91. The first-order chi connectivity index (χ1) is 17.7. The number of carbonyl (C=O) groups excluding carboxylic acids is 1. The van der Waals surface area contributed by atoms with Crippen LogP contribution in [0.3, 0.4) is 0 Å². The highest BCUT2D eigenvalue weighted by atomic mass is 32.2. The molecule has 4 aromatic rings. The fourth-order valence-corrected chi connectivity index (χ4v) is 5.46. The van der Waals surface area contributed by atoms with Gasteiger partial charge in [0.15, 0.2) is 0 Å². The Hall–Kier alpha value is -4.50. The van der Waals surface area contributed by atoms with Gasteiger partial charge in [0, 0.05) is 23.6 Å². The first kappa shape index (κ1) is 25.6. The van der Waals surface area contributed by atoms with Crippen LogP contribution in [-0.2, 0) is 14.6 Å². The number of methoxy groups -OCH3 is 1. The van der Waals surface area contributed by atoms with E-state index in [1.165, 1.54) is 37.7 Å². The van der Waals surface area contributed by atoms with E-state index in [9.17, 15) is 23.1 Å². The zero-order valence-electron chi connectivity index (χ0n) is 20.1. The molecule has 0 amide bonds. The number of aromatic carboxylic acids is 1. The van der Waals surface area contributed by atoms with E-state index in [-0.39, 0.29) is 20.9 Å². The zero-order chi connectivity index (χ0) is 26.6. The molecule has 0 aliphatic rings. The number of nitrogens with zero attached hydrogens (tertiary/aromatic N) is 1. The van der Waals surface area contributed by atoms with E-state index in [1.807, 2.05) is 19.1 Å². The largest absolute Gasteiger partial charge is 0.497 e. The summed E-state index contributed by atoms with van der Waals surface area (Å²) >= 11 is 0. The Labute approximate surface area is 214 Å². The Kier molecular flexibility index (Phi) is 7.35. The minimum absolute atomic E-state index is 0.0433. The zero-order valence-corrected chi connectivity index (χ0v) is 20.9. The topological polar surface area (TPSA) is 123 Å². The standard InChI is InChI=1S/C28H24N2O6S/c1-18-12-20(14-21(13-18)28(32)33)19-4-3-5-22(15-19)30-26(17-31)25-16-29-11-10-27(25)37(34,35)24-8-6-23(36-2)7-9-24/h3-17,26,30H,1-2H3,(H,32,33). The van der Waals surface area contributed by atoms with Crippen LogP contribution in [0.1, 0.15) is 27.5 Å². The SMILES string of the molecule is COc1ccc(S(=O)(=O)c2ccncc2C(C=O)Nc2cccc(-c3cc(C)cc(C(=O)O)c3)c2)cc1. The normalized spacial score (nSPS) is 11.9. The molecule has 1 unspecified atom stereocenters. The van der Waals surface area contributed by atoms with E-state index in [2.05, 4.69) is 10.3 Å². The third-order valence-corrected chi connectivity index (χ3v) is 7.63. The number of benzene rings is 3. The maximum absolute atomic E-state index is 13.4. The lowest BCUT2D eigenvalue weighted by molar-refractivity contribution is -0.108. The summed E-state index contributed by atoms with van der Waals surface area (Å²) in [5.41, 5.74) is 3.14. The van der Waals surface area contributed by atoms with Crippen LogP contribution in [0.2, 0.25) is 0 Å². The highest BCUT2D eigenvalue weighted by Crippen LogP contribution is 2.31. The molecule has 1 heterocycles. The lowest BCUT2D eigenvalue weighted by Crippen LogP contribution is -2.17. The fraction of sp³-hybridized carbons (Fsp3) is 0.107. The maximum atomic E-state index is 13.4. The average molecular weight is 517 g/mol. The predicted molar refractivity (Wildman–Crippen MR) is 139 cm³/mol. The Bertz CT molecular complexity index is 1570. The van der Waals surface area contributed by atoms with Gasteiger partial charge in [0.1, 0.15) is 18.1 Å². The van der Waals surface area contributed by atoms with Crippen molar-refractivity contribution in [3.8, 4) is 16.9 Å². The van der Waals surface area contributed by atoms with Gasteiger partial charge in [-0.3, -0.25) is 4.98 Å². The maximum Gasteiger partial charge on any atom is 0.335 e. The van der Waals surface area contributed by atoms with Gasteiger partial charge >= 0.3 is 5.97 Å². The highest BCUT2D eigenvalue weighted by Gasteiger charge is 2.26. The number of pyridine rings is 1. The van der Waals surface area contributed by atoms with Crippen molar-refractivity contribution in [1.82, 2.24) is 4.98 Å².